The number of nitrogens with one attached hydrogen (secondary N) is 1. The molecule has 2 N–H and O–H groups in total. The fourth-order valence-corrected chi connectivity index (χ4v) is 4.10. The van der Waals surface area contributed by atoms with Crippen molar-refractivity contribution >= 4 is 39.9 Å². The Labute approximate surface area is 187 Å². The summed E-state index contributed by atoms with van der Waals surface area (Å²) in [5.74, 6) is 0.560. The van der Waals surface area contributed by atoms with Gasteiger partial charge in [0.15, 0.2) is 0 Å². The molecule has 3 heterocycles. The van der Waals surface area contributed by atoms with Crippen molar-refractivity contribution in [2.45, 2.75) is 31.5 Å². The zero-order valence-electron chi connectivity index (χ0n) is 16.4. The number of benzene rings is 1. The second-order valence-corrected chi connectivity index (χ2v) is 8.41. The largest absolute Gasteiger partial charge is 0.391 e. The normalized spacial score (nSPS) is 18.2. The van der Waals surface area contributed by atoms with Crippen molar-refractivity contribution in [3.63, 3.8) is 0 Å². The fourth-order valence-electron chi connectivity index (χ4n) is 3.71. The van der Waals surface area contributed by atoms with E-state index in [-0.39, 0.29) is 17.7 Å². The quantitative estimate of drug-likeness (QED) is 0.476. The maximum atomic E-state index is 13.2. The van der Waals surface area contributed by atoms with Crippen LogP contribution in [0.5, 0.6) is 0 Å². The molecule has 7 nitrogen and oxygen atoms in total. The standard InChI is InChI=1S/C22H19Cl2N5O2/c23-15-4-2-1-3-13(15)12-29-18-7-8-28(22(31)14(18)10-26-29)19-9-21(25-11-16(19)24)27-17-5-6-20(17)30/h1-4,7-11,17,20,30H,5-6,12H2,(H,25,27)/t17?,20-/m1/s1. The molecular weight excluding hydrogens is 437 g/mol. The van der Waals surface area contributed by atoms with Crippen molar-refractivity contribution in [1.82, 2.24) is 19.3 Å². The lowest BCUT2D eigenvalue weighted by Crippen LogP contribution is -2.42. The molecule has 1 aliphatic rings. The number of pyridine rings is 2. The molecule has 1 fully saturated rings. The number of fused-ring (bicyclic) bond motifs is 1. The molecule has 1 saturated carbocycles. The minimum Gasteiger partial charge on any atom is -0.391 e. The third kappa shape index (κ3) is 3.69. The summed E-state index contributed by atoms with van der Waals surface area (Å²) in [4.78, 5) is 17.5. The fraction of sp³-hybridized carbons (Fsp3) is 0.227. The van der Waals surface area contributed by atoms with Gasteiger partial charge in [0.2, 0.25) is 0 Å². The minimum absolute atomic E-state index is 0.0382. The number of aromatic nitrogens is 4. The number of nitrogens with zero attached hydrogens (tertiary/aromatic N) is 4. The zero-order chi connectivity index (χ0) is 21.5. The molecule has 0 saturated heterocycles. The number of rotatable bonds is 5. The van der Waals surface area contributed by atoms with Gasteiger partial charge in [-0.25, -0.2) is 4.98 Å². The Morgan fingerprint density at radius 3 is 2.71 bits per heavy atom. The van der Waals surface area contributed by atoms with E-state index in [2.05, 4.69) is 15.4 Å². The Hall–Kier alpha value is -2.87. The maximum Gasteiger partial charge on any atom is 0.266 e. The molecule has 1 aromatic carbocycles. The Balaban J connectivity index is 1.51. The van der Waals surface area contributed by atoms with Crippen molar-refractivity contribution in [1.29, 1.82) is 0 Å². The highest BCUT2D eigenvalue weighted by Gasteiger charge is 2.29. The molecule has 31 heavy (non-hydrogen) atoms. The maximum absolute atomic E-state index is 13.2. The molecule has 2 atom stereocenters. The highest BCUT2D eigenvalue weighted by molar-refractivity contribution is 6.32. The van der Waals surface area contributed by atoms with Crippen molar-refractivity contribution in [3.8, 4) is 5.69 Å². The van der Waals surface area contributed by atoms with Crippen molar-refractivity contribution in [2.75, 3.05) is 5.32 Å². The second-order valence-electron chi connectivity index (χ2n) is 7.60. The van der Waals surface area contributed by atoms with E-state index in [1.165, 1.54) is 10.8 Å². The van der Waals surface area contributed by atoms with Crippen LogP contribution in [-0.4, -0.2) is 36.6 Å². The van der Waals surface area contributed by atoms with E-state index in [9.17, 15) is 9.90 Å². The van der Waals surface area contributed by atoms with E-state index < -0.39 is 0 Å². The second kappa shape index (κ2) is 8.00. The number of aliphatic hydroxyl groups is 1. The molecule has 1 unspecified atom stereocenters. The van der Waals surface area contributed by atoms with E-state index in [1.807, 2.05) is 30.3 Å². The van der Waals surface area contributed by atoms with Crippen LogP contribution >= 0.6 is 23.2 Å². The first-order valence-electron chi connectivity index (χ1n) is 9.92. The molecule has 0 spiro atoms. The van der Waals surface area contributed by atoms with Crippen LogP contribution in [0.25, 0.3) is 16.6 Å². The van der Waals surface area contributed by atoms with E-state index in [0.717, 1.165) is 18.4 Å². The van der Waals surface area contributed by atoms with Crippen molar-refractivity contribution in [2.24, 2.45) is 0 Å². The number of anilines is 1. The Bertz CT molecular complexity index is 1330. The monoisotopic (exact) mass is 455 g/mol. The Morgan fingerprint density at radius 1 is 1.13 bits per heavy atom. The lowest BCUT2D eigenvalue weighted by molar-refractivity contribution is 0.0784. The van der Waals surface area contributed by atoms with E-state index in [0.29, 0.717) is 39.0 Å². The topological polar surface area (TPSA) is 85.0 Å². The van der Waals surface area contributed by atoms with E-state index >= 15 is 0 Å². The van der Waals surface area contributed by atoms with Gasteiger partial charge in [0.05, 0.1) is 52.7 Å². The first-order valence-corrected chi connectivity index (χ1v) is 10.7. The smallest absolute Gasteiger partial charge is 0.266 e. The third-order valence-electron chi connectivity index (χ3n) is 5.65. The molecule has 0 bridgehead atoms. The first-order chi connectivity index (χ1) is 15.0. The van der Waals surface area contributed by atoms with Gasteiger partial charge >= 0.3 is 0 Å². The highest BCUT2D eigenvalue weighted by Crippen LogP contribution is 2.27. The van der Waals surface area contributed by atoms with Crippen LogP contribution in [0.2, 0.25) is 10.0 Å². The molecule has 1 aliphatic carbocycles. The molecule has 9 heteroatoms. The predicted molar refractivity (Wildman–Crippen MR) is 121 cm³/mol. The summed E-state index contributed by atoms with van der Waals surface area (Å²) in [6.07, 6.45) is 6.00. The van der Waals surface area contributed by atoms with Crippen LogP contribution in [0, 0.1) is 0 Å². The first kappa shape index (κ1) is 20.1. The molecular formula is C22H19Cl2N5O2. The summed E-state index contributed by atoms with van der Waals surface area (Å²) in [6.45, 7) is 0.459. The summed E-state index contributed by atoms with van der Waals surface area (Å²) in [7, 11) is 0. The molecule has 0 aliphatic heterocycles. The van der Waals surface area contributed by atoms with Gasteiger partial charge in [0, 0.05) is 17.3 Å². The lowest BCUT2D eigenvalue weighted by atomic mass is 9.89. The van der Waals surface area contributed by atoms with Gasteiger partial charge in [-0.15, -0.1) is 0 Å². The average molecular weight is 456 g/mol. The van der Waals surface area contributed by atoms with Gasteiger partial charge in [-0.05, 0) is 30.5 Å². The molecule has 4 aromatic rings. The summed E-state index contributed by atoms with van der Waals surface area (Å²) in [6, 6.07) is 11.1. The minimum atomic E-state index is -0.385. The summed E-state index contributed by atoms with van der Waals surface area (Å²) in [5, 5.41) is 18.9. The van der Waals surface area contributed by atoms with E-state index in [1.54, 1.807) is 23.1 Å². The average Bonchev–Trinajstić information content (AvgIpc) is 3.18. The van der Waals surface area contributed by atoms with Gasteiger partial charge in [-0.2, -0.15) is 5.10 Å². The molecule has 3 aromatic heterocycles. The number of hydrogen-bond donors (Lipinski definition) is 2. The molecule has 0 radical (unpaired) electrons. The van der Waals surface area contributed by atoms with Crippen LogP contribution in [0.1, 0.15) is 18.4 Å². The molecule has 5 rings (SSSR count). The van der Waals surface area contributed by atoms with Crippen LogP contribution < -0.4 is 10.9 Å². The third-order valence-corrected chi connectivity index (χ3v) is 6.31. The van der Waals surface area contributed by atoms with Crippen LogP contribution in [0.3, 0.4) is 0 Å². The van der Waals surface area contributed by atoms with Crippen LogP contribution in [0.15, 0.2) is 59.8 Å². The SMILES string of the molecule is O=c1c2cnn(Cc3ccccc3Cl)c2ccn1-c1cc(NC2CC[C@H]2O)ncc1Cl. The van der Waals surface area contributed by atoms with Crippen LogP contribution in [0.4, 0.5) is 5.82 Å². The summed E-state index contributed by atoms with van der Waals surface area (Å²) < 4.78 is 3.23. The molecule has 158 valence electrons. The molecule has 0 amide bonds. The zero-order valence-corrected chi connectivity index (χ0v) is 17.9. The highest BCUT2D eigenvalue weighted by atomic mass is 35.5. The van der Waals surface area contributed by atoms with E-state index in [4.69, 9.17) is 23.2 Å². The number of hydrogen-bond acceptors (Lipinski definition) is 5. The summed E-state index contributed by atoms with van der Waals surface area (Å²) >= 11 is 12.6. The van der Waals surface area contributed by atoms with Gasteiger partial charge in [-0.3, -0.25) is 14.0 Å². The Kier molecular flexibility index (Phi) is 5.17. The van der Waals surface area contributed by atoms with Crippen molar-refractivity contribution < 1.29 is 5.11 Å². The van der Waals surface area contributed by atoms with Crippen molar-refractivity contribution in [3.05, 3.63) is 81.0 Å². The van der Waals surface area contributed by atoms with Crippen LogP contribution in [-0.2, 0) is 6.54 Å². The van der Waals surface area contributed by atoms with Gasteiger partial charge in [0.1, 0.15) is 5.82 Å². The Morgan fingerprint density at radius 2 is 1.97 bits per heavy atom. The van der Waals surface area contributed by atoms with Gasteiger partial charge in [0.25, 0.3) is 5.56 Å². The van der Waals surface area contributed by atoms with Gasteiger partial charge < -0.3 is 10.4 Å². The summed E-state index contributed by atoms with van der Waals surface area (Å²) in [5.41, 5.74) is 1.91. The number of halogens is 2. The lowest BCUT2D eigenvalue weighted by Gasteiger charge is -2.33. The number of aliphatic hydroxyl groups excluding tert-OH is 1. The van der Waals surface area contributed by atoms with Gasteiger partial charge in [-0.1, -0.05) is 41.4 Å². The predicted octanol–water partition coefficient (Wildman–Crippen LogP) is 3.87.